The molecule has 0 unspecified atom stereocenters. The molecule has 1 aromatic rings. The Morgan fingerprint density at radius 3 is 2.33 bits per heavy atom. The van der Waals surface area contributed by atoms with E-state index in [1.807, 2.05) is 33.8 Å². The number of hydrogen-bond acceptors (Lipinski definition) is 2. The smallest absolute Gasteiger partial charge is 0.316 e. The minimum atomic E-state index is -0.504. The Morgan fingerprint density at radius 2 is 1.87 bits per heavy atom. The number of carbonyl (C=O) groups is 1. The van der Waals surface area contributed by atoms with Gasteiger partial charge in [0.2, 0.25) is 0 Å². The predicted octanol–water partition coefficient (Wildman–Crippen LogP) is 3.60. The zero-order valence-corrected chi connectivity index (χ0v) is 10.2. The third-order valence-corrected chi connectivity index (χ3v) is 2.06. The van der Waals surface area contributed by atoms with Gasteiger partial charge in [0.25, 0.3) is 0 Å². The molecular weight excluding hydrogens is 212 g/mol. The van der Waals surface area contributed by atoms with Crippen LogP contribution in [0.25, 0.3) is 0 Å². The van der Waals surface area contributed by atoms with Gasteiger partial charge in [-0.1, -0.05) is 11.6 Å². The summed E-state index contributed by atoms with van der Waals surface area (Å²) in [7, 11) is 0. The van der Waals surface area contributed by atoms with Crippen LogP contribution in [0.3, 0.4) is 0 Å². The van der Waals surface area contributed by atoms with E-state index in [-0.39, 0.29) is 5.97 Å². The predicted molar refractivity (Wildman–Crippen MR) is 61.3 cm³/mol. The standard InChI is InChI=1S/C12H15ClO2/c1-8-5-9(13)7-10(6-8)15-11(14)12(2,3)4/h5-7H,1-4H3. The summed E-state index contributed by atoms with van der Waals surface area (Å²) in [5.74, 6) is 0.240. The largest absolute Gasteiger partial charge is 0.426 e. The van der Waals surface area contributed by atoms with E-state index in [4.69, 9.17) is 16.3 Å². The summed E-state index contributed by atoms with van der Waals surface area (Å²) >= 11 is 5.86. The topological polar surface area (TPSA) is 26.3 Å². The first kappa shape index (κ1) is 12.1. The molecule has 0 spiro atoms. The quantitative estimate of drug-likeness (QED) is 0.540. The molecule has 0 saturated heterocycles. The Labute approximate surface area is 95.2 Å². The molecule has 2 nitrogen and oxygen atoms in total. The molecule has 0 N–H and O–H groups in total. The second-order valence-electron chi connectivity index (χ2n) is 4.60. The average molecular weight is 227 g/mol. The average Bonchev–Trinajstić information content (AvgIpc) is 1.99. The van der Waals surface area contributed by atoms with Crippen molar-refractivity contribution in [3.05, 3.63) is 28.8 Å². The maximum atomic E-state index is 11.6. The fourth-order valence-electron chi connectivity index (χ4n) is 1.02. The zero-order chi connectivity index (χ0) is 11.6. The van der Waals surface area contributed by atoms with Gasteiger partial charge in [-0.2, -0.15) is 0 Å². The maximum Gasteiger partial charge on any atom is 0.316 e. The Balaban J connectivity index is 2.86. The molecule has 15 heavy (non-hydrogen) atoms. The van der Waals surface area contributed by atoms with Crippen LogP contribution in [-0.4, -0.2) is 5.97 Å². The van der Waals surface area contributed by atoms with Crippen LogP contribution in [0.15, 0.2) is 18.2 Å². The van der Waals surface area contributed by atoms with E-state index in [2.05, 4.69) is 0 Å². The second kappa shape index (κ2) is 4.23. The van der Waals surface area contributed by atoms with Gasteiger partial charge in [-0.05, 0) is 51.5 Å². The molecule has 0 aliphatic carbocycles. The minimum absolute atomic E-state index is 0.260. The van der Waals surface area contributed by atoms with Gasteiger partial charge < -0.3 is 4.74 Å². The molecule has 1 rings (SSSR count). The fraction of sp³-hybridized carbons (Fsp3) is 0.417. The highest BCUT2D eigenvalue weighted by atomic mass is 35.5. The number of hydrogen-bond donors (Lipinski definition) is 0. The molecular formula is C12H15ClO2. The first-order valence-corrected chi connectivity index (χ1v) is 5.16. The monoisotopic (exact) mass is 226 g/mol. The molecule has 0 aromatic heterocycles. The Morgan fingerprint density at radius 1 is 1.27 bits per heavy atom. The summed E-state index contributed by atoms with van der Waals surface area (Å²) in [6.45, 7) is 7.34. The number of rotatable bonds is 1. The Bertz CT molecular complexity index is 357. The van der Waals surface area contributed by atoms with Gasteiger partial charge >= 0.3 is 5.97 Å². The van der Waals surface area contributed by atoms with Crippen LogP contribution in [0.2, 0.25) is 5.02 Å². The molecule has 0 fully saturated rings. The number of benzene rings is 1. The van der Waals surface area contributed by atoms with E-state index in [0.717, 1.165) is 5.56 Å². The molecule has 82 valence electrons. The van der Waals surface area contributed by atoms with Gasteiger partial charge in [0.05, 0.1) is 5.41 Å². The van der Waals surface area contributed by atoms with Crippen molar-refractivity contribution < 1.29 is 9.53 Å². The molecule has 0 heterocycles. The van der Waals surface area contributed by atoms with Crippen LogP contribution in [0, 0.1) is 12.3 Å². The van der Waals surface area contributed by atoms with Crippen molar-refractivity contribution in [2.75, 3.05) is 0 Å². The summed E-state index contributed by atoms with van der Waals surface area (Å²) in [6.07, 6.45) is 0. The van der Waals surface area contributed by atoms with Crippen molar-refractivity contribution in [1.82, 2.24) is 0 Å². The Hall–Kier alpha value is -1.02. The summed E-state index contributed by atoms with van der Waals surface area (Å²) in [4.78, 5) is 11.6. The lowest BCUT2D eigenvalue weighted by Crippen LogP contribution is -2.25. The number of aryl methyl sites for hydroxylation is 1. The third-order valence-electron chi connectivity index (χ3n) is 1.84. The van der Waals surface area contributed by atoms with Crippen LogP contribution >= 0.6 is 11.6 Å². The van der Waals surface area contributed by atoms with E-state index in [9.17, 15) is 4.79 Å². The number of halogens is 1. The lowest BCUT2D eigenvalue weighted by atomic mass is 9.97. The molecule has 1 aromatic carbocycles. The van der Waals surface area contributed by atoms with Crippen LogP contribution in [0.5, 0.6) is 5.75 Å². The van der Waals surface area contributed by atoms with Gasteiger partial charge in [-0.15, -0.1) is 0 Å². The van der Waals surface area contributed by atoms with Gasteiger partial charge in [0.15, 0.2) is 0 Å². The molecule has 0 amide bonds. The van der Waals surface area contributed by atoms with Gasteiger partial charge in [-0.3, -0.25) is 4.79 Å². The highest BCUT2D eigenvalue weighted by molar-refractivity contribution is 6.30. The number of ether oxygens (including phenoxy) is 1. The maximum absolute atomic E-state index is 11.6. The molecule has 3 heteroatoms. The summed E-state index contributed by atoms with van der Waals surface area (Å²) < 4.78 is 5.22. The Kier molecular flexibility index (Phi) is 3.40. The van der Waals surface area contributed by atoms with Crippen molar-refractivity contribution in [3.8, 4) is 5.75 Å². The highest BCUT2D eigenvalue weighted by Gasteiger charge is 2.23. The second-order valence-corrected chi connectivity index (χ2v) is 5.04. The summed E-state index contributed by atoms with van der Waals surface area (Å²) in [5, 5.41) is 0.576. The molecule has 0 aliphatic heterocycles. The summed E-state index contributed by atoms with van der Waals surface area (Å²) in [5.41, 5.74) is 0.468. The van der Waals surface area contributed by atoms with Gasteiger partial charge in [0, 0.05) is 5.02 Å². The number of carbonyl (C=O) groups excluding carboxylic acids is 1. The third kappa shape index (κ3) is 3.56. The van der Waals surface area contributed by atoms with Crippen molar-refractivity contribution in [2.45, 2.75) is 27.7 Å². The van der Waals surface area contributed by atoms with E-state index < -0.39 is 5.41 Å². The van der Waals surface area contributed by atoms with Gasteiger partial charge in [-0.25, -0.2) is 0 Å². The highest BCUT2D eigenvalue weighted by Crippen LogP contribution is 2.23. The molecule has 0 radical (unpaired) electrons. The van der Waals surface area contributed by atoms with Crippen LogP contribution < -0.4 is 4.74 Å². The zero-order valence-electron chi connectivity index (χ0n) is 9.43. The van der Waals surface area contributed by atoms with Crippen LogP contribution in [0.1, 0.15) is 26.3 Å². The number of esters is 1. The first-order valence-electron chi connectivity index (χ1n) is 4.78. The van der Waals surface area contributed by atoms with Gasteiger partial charge in [0.1, 0.15) is 5.75 Å². The van der Waals surface area contributed by atoms with E-state index >= 15 is 0 Å². The minimum Gasteiger partial charge on any atom is -0.426 e. The van der Waals surface area contributed by atoms with E-state index in [0.29, 0.717) is 10.8 Å². The fourth-order valence-corrected chi connectivity index (χ4v) is 1.30. The van der Waals surface area contributed by atoms with Crippen molar-refractivity contribution >= 4 is 17.6 Å². The normalized spacial score (nSPS) is 11.3. The molecule has 0 aliphatic rings. The lowest BCUT2D eigenvalue weighted by molar-refractivity contribution is -0.142. The van der Waals surface area contributed by atoms with Crippen LogP contribution in [0.4, 0.5) is 0 Å². The lowest BCUT2D eigenvalue weighted by Gasteiger charge is -2.16. The van der Waals surface area contributed by atoms with Crippen molar-refractivity contribution in [1.29, 1.82) is 0 Å². The van der Waals surface area contributed by atoms with Crippen molar-refractivity contribution in [2.24, 2.45) is 5.41 Å². The van der Waals surface area contributed by atoms with E-state index in [1.165, 1.54) is 0 Å². The van der Waals surface area contributed by atoms with Crippen molar-refractivity contribution in [3.63, 3.8) is 0 Å². The van der Waals surface area contributed by atoms with E-state index in [1.54, 1.807) is 12.1 Å². The molecule has 0 bridgehead atoms. The summed E-state index contributed by atoms with van der Waals surface area (Å²) in [6, 6.07) is 5.24. The molecule has 0 saturated carbocycles. The first-order chi connectivity index (χ1) is 6.79. The SMILES string of the molecule is Cc1cc(Cl)cc(OC(=O)C(C)(C)C)c1. The molecule has 0 atom stereocenters. The van der Waals surface area contributed by atoms with Crippen LogP contribution in [-0.2, 0) is 4.79 Å².